The molecule has 0 spiro atoms. The van der Waals surface area contributed by atoms with E-state index in [-0.39, 0.29) is 46.7 Å². The summed E-state index contributed by atoms with van der Waals surface area (Å²) in [7, 11) is 0. The Morgan fingerprint density at radius 1 is 0.947 bits per heavy atom. The van der Waals surface area contributed by atoms with Crippen LogP contribution in [-0.2, 0) is 0 Å². The second-order valence-electron chi connectivity index (χ2n) is 3.64. The van der Waals surface area contributed by atoms with Crippen LogP contribution in [-0.4, -0.2) is 22.5 Å². The molecule has 2 aromatic carbocycles. The van der Waals surface area contributed by atoms with Crippen molar-refractivity contribution in [3.05, 3.63) is 65.7 Å². The molecule has 5 heteroatoms. The van der Waals surface area contributed by atoms with Crippen molar-refractivity contribution >= 4 is 5.78 Å². The molecule has 0 amide bonds. The van der Waals surface area contributed by atoms with Crippen LogP contribution in [0, 0.1) is 0 Å². The number of carbonyl (C=O) groups is 1. The molecule has 92 valence electrons. The molecule has 2 rings (SSSR count). The number of rotatable bonds is 4. The van der Waals surface area contributed by atoms with Gasteiger partial charge in [-0.2, -0.15) is 0 Å². The van der Waals surface area contributed by atoms with Crippen LogP contribution in [0.2, 0.25) is 0 Å². The van der Waals surface area contributed by atoms with Gasteiger partial charge < -0.3 is 14.9 Å². The van der Waals surface area contributed by atoms with Gasteiger partial charge in [0.2, 0.25) is 0 Å². The summed E-state index contributed by atoms with van der Waals surface area (Å²) in [4.78, 5) is 12.2. The van der Waals surface area contributed by atoms with Crippen LogP contribution in [0.4, 0.5) is 0 Å². The monoisotopic (exact) mass is 267 g/mol. The zero-order valence-electron chi connectivity index (χ0n) is 10.5. The fourth-order valence-corrected chi connectivity index (χ4v) is 1.62. The Labute approximate surface area is 132 Å². The van der Waals surface area contributed by atoms with E-state index >= 15 is 0 Å². The van der Waals surface area contributed by atoms with Crippen LogP contribution < -0.4 is 34.3 Å². The molecule has 0 aliphatic carbocycles. The normalized spacial score (nSPS) is 9.84. The minimum atomic E-state index is -1.95. The predicted molar refractivity (Wildman–Crippen MR) is 65.2 cm³/mol. The number of ether oxygens (including phenoxy) is 1. The Bertz CT molecular complexity index is 540. The maximum Gasteiger partial charge on any atom is 1.00 e. The first-order valence-electron chi connectivity index (χ1n) is 5.40. The number of carbonyl (C=O) groups excluding carboxylic acids is 1. The van der Waals surface area contributed by atoms with E-state index in [4.69, 9.17) is 14.9 Å². The zero-order valence-corrected chi connectivity index (χ0v) is 12.5. The average molecular weight is 267 g/mol. The predicted octanol–water partition coefficient (Wildman–Crippen LogP) is -1.43. The van der Waals surface area contributed by atoms with Crippen molar-refractivity contribution in [1.82, 2.24) is 0 Å². The van der Waals surface area contributed by atoms with Crippen LogP contribution in [0.5, 0.6) is 5.75 Å². The summed E-state index contributed by atoms with van der Waals surface area (Å²) in [6.07, 6.45) is 0. The van der Waals surface area contributed by atoms with Crippen molar-refractivity contribution < 1.29 is 49.3 Å². The van der Waals surface area contributed by atoms with Crippen molar-refractivity contribution in [2.45, 2.75) is 6.48 Å². The Morgan fingerprint density at radius 2 is 1.53 bits per heavy atom. The van der Waals surface area contributed by atoms with Crippen LogP contribution in [0.15, 0.2) is 54.6 Å². The van der Waals surface area contributed by atoms with Crippen molar-refractivity contribution in [2.75, 3.05) is 0 Å². The van der Waals surface area contributed by atoms with Crippen LogP contribution in [0.3, 0.4) is 0 Å². The van der Waals surface area contributed by atoms with Gasteiger partial charge in [-0.3, -0.25) is 4.79 Å². The fourth-order valence-electron chi connectivity index (χ4n) is 1.62. The largest absolute Gasteiger partial charge is 1.00 e. The molecule has 0 unspecified atom stereocenters. The van der Waals surface area contributed by atoms with E-state index in [1.807, 2.05) is 6.07 Å². The van der Waals surface area contributed by atoms with E-state index < -0.39 is 6.48 Å². The zero-order chi connectivity index (χ0) is 13.0. The third kappa shape index (κ3) is 4.16. The number of aliphatic hydroxyl groups excluding tert-OH is 1. The van der Waals surface area contributed by atoms with Gasteiger partial charge in [-0.25, -0.2) is 0 Å². The van der Waals surface area contributed by atoms with Gasteiger partial charge in [0, 0.05) is 5.56 Å². The summed E-state index contributed by atoms with van der Waals surface area (Å²) in [6.45, 7) is -1.95. The molecular formula is C14H12NaO4+. The molecule has 0 heterocycles. The van der Waals surface area contributed by atoms with Crippen molar-refractivity contribution in [1.29, 1.82) is 0 Å². The van der Waals surface area contributed by atoms with E-state index in [0.717, 1.165) is 0 Å². The van der Waals surface area contributed by atoms with Crippen molar-refractivity contribution in [3.8, 4) is 5.75 Å². The van der Waals surface area contributed by atoms with E-state index in [9.17, 15) is 4.79 Å². The van der Waals surface area contributed by atoms with E-state index in [2.05, 4.69) is 0 Å². The molecule has 4 nitrogen and oxygen atoms in total. The van der Waals surface area contributed by atoms with Crippen LogP contribution >= 0.6 is 0 Å². The molecule has 0 atom stereocenters. The maximum atomic E-state index is 12.2. The van der Waals surface area contributed by atoms with E-state index in [1.165, 1.54) is 6.07 Å². The Balaban J connectivity index is 0.00000180. The summed E-state index contributed by atoms with van der Waals surface area (Å²) in [5.74, 6) is -0.0896. The molecule has 2 aromatic rings. The fraction of sp³-hybridized carbons (Fsp3) is 0.0714. The van der Waals surface area contributed by atoms with E-state index in [1.54, 1.807) is 42.5 Å². The Kier molecular flexibility index (Phi) is 6.21. The van der Waals surface area contributed by atoms with E-state index in [0.29, 0.717) is 5.56 Å². The first kappa shape index (κ1) is 15.9. The SMILES string of the molecule is O=C(c1ccccc1)c1ccccc1OC(O)O.[Na+]. The minimum Gasteiger partial charge on any atom is -0.441 e. The Morgan fingerprint density at radius 3 is 2.16 bits per heavy atom. The first-order valence-corrected chi connectivity index (χ1v) is 5.40. The third-order valence-corrected chi connectivity index (χ3v) is 2.40. The van der Waals surface area contributed by atoms with Gasteiger partial charge in [-0.15, -0.1) is 0 Å². The number of ketones is 1. The molecule has 0 saturated heterocycles. The third-order valence-electron chi connectivity index (χ3n) is 2.40. The van der Waals surface area contributed by atoms with Gasteiger partial charge in [0.1, 0.15) is 5.75 Å². The van der Waals surface area contributed by atoms with Gasteiger partial charge in [0.15, 0.2) is 5.78 Å². The topological polar surface area (TPSA) is 66.8 Å². The van der Waals surface area contributed by atoms with Gasteiger partial charge in [-0.05, 0) is 12.1 Å². The van der Waals surface area contributed by atoms with Crippen LogP contribution in [0.1, 0.15) is 15.9 Å². The number of aliphatic hydroxyl groups is 2. The number of hydrogen-bond donors (Lipinski definition) is 2. The first-order chi connectivity index (χ1) is 8.68. The summed E-state index contributed by atoms with van der Waals surface area (Å²) in [5, 5.41) is 17.6. The summed E-state index contributed by atoms with van der Waals surface area (Å²) >= 11 is 0. The second kappa shape index (κ2) is 7.43. The standard InChI is InChI=1S/C14H12O4.Na/c15-13(10-6-2-1-3-7-10)11-8-4-5-9-12(11)18-14(16)17;/h1-9,14,16-17H;/q;+1. The summed E-state index contributed by atoms with van der Waals surface area (Å²) in [5.41, 5.74) is 0.803. The molecular weight excluding hydrogens is 255 g/mol. The molecule has 0 aliphatic heterocycles. The maximum absolute atomic E-state index is 12.2. The molecule has 0 aliphatic rings. The van der Waals surface area contributed by atoms with Gasteiger partial charge >= 0.3 is 36.0 Å². The Hall–Kier alpha value is -1.17. The van der Waals surface area contributed by atoms with Crippen LogP contribution in [0.25, 0.3) is 0 Å². The smallest absolute Gasteiger partial charge is 0.441 e. The molecule has 19 heavy (non-hydrogen) atoms. The molecule has 2 N–H and O–H groups in total. The van der Waals surface area contributed by atoms with Crippen molar-refractivity contribution in [2.24, 2.45) is 0 Å². The summed E-state index contributed by atoms with van der Waals surface area (Å²) in [6, 6.07) is 15.1. The number of para-hydroxylation sites is 1. The quantitative estimate of drug-likeness (QED) is 0.405. The molecule has 0 bridgehead atoms. The summed E-state index contributed by atoms with van der Waals surface area (Å²) < 4.78 is 4.78. The molecule has 0 saturated carbocycles. The molecule has 0 aromatic heterocycles. The van der Waals surface area contributed by atoms with Gasteiger partial charge in [-0.1, -0.05) is 42.5 Å². The van der Waals surface area contributed by atoms with Gasteiger partial charge in [0.25, 0.3) is 0 Å². The molecule has 0 radical (unpaired) electrons. The van der Waals surface area contributed by atoms with Crippen molar-refractivity contribution in [3.63, 3.8) is 0 Å². The van der Waals surface area contributed by atoms with Gasteiger partial charge in [0.05, 0.1) is 5.56 Å². The number of benzene rings is 2. The number of hydrogen-bond acceptors (Lipinski definition) is 4. The molecule has 0 fully saturated rings. The second-order valence-corrected chi connectivity index (χ2v) is 3.64. The average Bonchev–Trinajstić information content (AvgIpc) is 2.39. The minimum absolute atomic E-state index is 0.